The molecule has 0 aliphatic rings. The molecule has 0 fully saturated rings. The van der Waals surface area contributed by atoms with Gasteiger partial charge in [-0.3, -0.25) is 10.6 Å². The molecule has 0 saturated carbocycles. The number of aromatic hydroxyl groups is 2. The molecule has 0 aliphatic heterocycles. The van der Waals surface area contributed by atoms with Crippen LogP contribution in [0.3, 0.4) is 0 Å². The van der Waals surface area contributed by atoms with E-state index in [0.29, 0.717) is 56.6 Å². The molecule has 6 aromatic rings. The monoisotopic (exact) mass is 716 g/mol. The molecule has 4 N–H and O–H groups in total. The zero-order chi connectivity index (χ0) is 35.7. The van der Waals surface area contributed by atoms with Gasteiger partial charge in [0.25, 0.3) is 0 Å². The number of hydrogen-bond donors (Lipinski definition) is 4. The second kappa shape index (κ2) is 16.1. The summed E-state index contributed by atoms with van der Waals surface area (Å²) in [5.41, 5.74) is 3.24. The van der Waals surface area contributed by atoms with Gasteiger partial charge < -0.3 is 24.4 Å². The molecule has 0 bridgehead atoms. The number of rotatable bonds is 10. The average molecular weight is 717 g/mol. The van der Waals surface area contributed by atoms with Crippen molar-refractivity contribution in [2.45, 2.75) is 9.79 Å². The molecule has 0 spiro atoms. The van der Waals surface area contributed by atoms with Crippen LogP contribution < -0.4 is 24.8 Å². The van der Waals surface area contributed by atoms with Gasteiger partial charge in [-0.25, -0.2) is 9.59 Å². The Bertz CT molecular complexity index is 2020. The number of hydrogen-bond acceptors (Lipinski definition) is 9. The molecular weight excluding hydrogens is 685 g/mol. The quantitative estimate of drug-likeness (QED) is 0.102. The van der Waals surface area contributed by atoms with Crippen molar-refractivity contribution in [1.29, 1.82) is 0 Å². The van der Waals surface area contributed by atoms with Gasteiger partial charge in [0.2, 0.25) is 0 Å². The van der Waals surface area contributed by atoms with Gasteiger partial charge in [-0.15, -0.1) is 23.5 Å². The minimum absolute atomic E-state index is 0.0490. The van der Waals surface area contributed by atoms with E-state index in [-0.39, 0.29) is 11.5 Å². The number of carbonyl (C=O) groups is 2. The molecule has 11 heteroatoms. The van der Waals surface area contributed by atoms with Gasteiger partial charge in [-0.05, 0) is 133 Å². The third-order valence-electron chi connectivity index (χ3n) is 7.53. The van der Waals surface area contributed by atoms with Crippen LogP contribution in [0.15, 0.2) is 143 Å². The summed E-state index contributed by atoms with van der Waals surface area (Å²) in [6.07, 6.45) is 2.58. The minimum atomic E-state index is -0.674. The molecule has 0 aliphatic carbocycles. The summed E-state index contributed by atoms with van der Waals surface area (Å²) in [6.45, 7) is 0. The molecule has 0 radical (unpaired) electrons. The second-order valence-corrected chi connectivity index (χ2v) is 12.8. The maximum absolute atomic E-state index is 12.8. The van der Waals surface area contributed by atoms with E-state index in [0.717, 1.165) is 9.79 Å². The van der Waals surface area contributed by atoms with Crippen LogP contribution in [0, 0.1) is 0 Å². The first-order chi connectivity index (χ1) is 24.8. The Hall–Kier alpha value is -6.04. The van der Waals surface area contributed by atoms with Crippen molar-refractivity contribution >= 4 is 47.1 Å². The van der Waals surface area contributed by atoms with Gasteiger partial charge in [-0.1, -0.05) is 24.3 Å². The fourth-order valence-corrected chi connectivity index (χ4v) is 5.91. The highest BCUT2D eigenvalue weighted by molar-refractivity contribution is 7.98. The minimum Gasteiger partial charge on any atom is -0.508 e. The van der Waals surface area contributed by atoms with E-state index in [9.17, 15) is 19.8 Å². The number of amides is 2. The van der Waals surface area contributed by atoms with E-state index in [2.05, 4.69) is 10.6 Å². The summed E-state index contributed by atoms with van der Waals surface area (Å²) in [4.78, 5) is 27.7. The summed E-state index contributed by atoms with van der Waals surface area (Å²) in [5, 5.41) is 26.1. The topological polar surface area (TPSA) is 126 Å². The summed E-state index contributed by atoms with van der Waals surface area (Å²) in [7, 11) is 0. The summed E-state index contributed by atoms with van der Waals surface area (Å²) < 4.78 is 17.5. The number of nitrogens with one attached hydrogen (secondary N) is 2. The van der Waals surface area contributed by atoms with Crippen molar-refractivity contribution in [2.75, 3.05) is 23.1 Å². The van der Waals surface area contributed by atoms with Crippen LogP contribution in [0.4, 0.5) is 21.0 Å². The Balaban J connectivity index is 1.29. The first-order valence-electron chi connectivity index (χ1n) is 15.6. The molecule has 6 rings (SSSR count). The third kappa shape index (κ3) is 9.15. The third-order valence-corrected chi connectivity index (χ3v) is 9.01. The smallest absolute Gasteiger partial charge is 0.417 e. The van der Waals surface area contributed by atoms with Crippen molar-refractivity contribution in [1.82, 2.24) is 0 Å². The maximum Gasteiger partial charge on any atom is 0.417 e. The standard InChI is InChI=1S/C40H32N2O7S2/c1-50-33-15-11-31(12-16-33)47-39(45)41-27-9-19-37(35(23-27)25-5-3-7-29(43)21-25)49-38-20-10-28(24-36(38)26-6-4-8-30(44)22-26)42-40(46)48-32-13-17-34(51-2)18-14-32/h3-24,43-44H,1-2H3,(H,41,45)(H,42,46). The molecule has 51 heavy (non-hydrogen) atoms. The van der Waals surface area contributed by atoms with Crippen LogP contribution in [-0.4, -0.2) is 34.9 Å². The first kappa shape index (κ1) is 34.8. The Morgan fingerprint density at radius 2 is 0.941 bits per heavy atom. The Kier molecular flexibility index (Phi) is 11.0. The van der Waals surface area contributed by atoms with Crippen molar-refractivity contribution < 1.29 is 34.0 Å². The Morgan fingerprint density at radius 3 is 1.31 bits per heavy atom. The molecule has 6 aromatic carbocycles. The van der Waals surface area contributed by atoms with Gasteiger partial charge in [0, 0.05) is 32.3 Å². The van der Waals surface area contributed by atoms with Crippen LogP contribution in [0.2, 0.25) is 0 Å². The molecule has 0 aromatic heterocycles. The van der Waals surface area contributed by atoms with Crippen molar-refractivity contribution in [3.63, 3.8) is 0 Å². The van der Waals surface area contributed by atoms with Gasteiger partial charge in [0.1, 0.15) is 34.5 Å². The zero-order valence-electron chi connectivity index (χ0n) is 27.5. The molecule has 256 valence electrons. The van der Waals surface area contributed by atoms with E-state index >= 15 is 0 Å². The maximum atomic E-state index is 12.8. The van der Waals surface area contributed by atoms with Crippen LogP contribution in [0.25, 0.3) is 22.3 Å². The first-order valence-corrected chi connectivity index (χ1v) is 18.0. The molecule has 2 amide bonds. The Labute approximate surface area is 303 Å². The fourth-order valence-electron chi connectivity index (χ4n) is 5.10. The number of ether oxygens (including phenoxy) is 3. The second-order valence-electron chi connectivity index (χ2n) is 11.0. The van der Waals surface area contributed by atoms with Crippen LogP contribution >= 0.6 is 23.5 Å². The number of anilines is 2. The average Bonchev–Trinajstić information content (AvgIpc) is 3.13. The van der Waals surface area contributed by atoms with Crippen LogP contribution in [-0.2, 0) is 0 Å². The Morgan fingerprint density at radius 1 is 0.529 bits per heavy atom. The van der Waals surface area contributed by atoms with E-state index in [4.69, 9.17) is 14.2 Å². The number of carbonyl (C=O) groups excluding carboxylic acids is 2. The van der Waals surface area contributed by atoms with Crippen LogP contribution in [0.1, 0.15) is 0 Å². The SMILES string of the molecule is CSc1ccc(OC(=O)Nc2ccc(Oc3ccc(NC(=O)Oc4ccc(SC)cc4)cc3-c3cccc(O)c3)c(-c3cccc(O)c3)c2)cc1. The molecule has 0 unspecified atom stereocenters. The number of phenolic OH excluding ortho intramolecular Hbond substituents is 2. The van der Waals surface area contributed by atoms with Gasteiger partial charge in [0.05, 0.1) is 0 Å². The highest BCUT2D eigenvalue weighted by Gasteiger charge is 2.17. The highest BCUT2D eigenvalue weighted by atomic mass is 32.2. The van der Waals surface area contributed by atoms with Gasteiger partial charge in [0.15, 0.2) is 0 Å². The molecule has 9 nitrogen and oxygen atoms in total. The summed E-state index contributed by atoms with van der Waals surface area (Å²) in [6, 6.07) is 37.8. The highest BCUT2D eigenvalue weighted by Crippen LogP contribution is 2.41. The lowest BCUT2D eigenvalue weighted by Gasteiger charge is -2.18. The lowest BCUT2D eigenvalue weighted by Crippen LogP contribution is -2.16. The van der Waals surface area contributed by atoms with Crippen molar-refractivity contribution in [2.24, 2.45) is 0 Å². The van der Waals surface area contributed by atoms with E-state index in [1.807, 2.05) is 36.8 Å². The number of benzene rings is 6. The molecule has 0 heterocycles. The predicted molar refractivity (Wildman–Crippen MR) is 203 cm³/mol. The van der Waals surface area contributed by atoms with E-state index in [1.165, 1.54) is 0 Å². The molecule has 0 saturated heterocycles. The van der Waals surface area contributed by atoms with E-state index in [1.54, 1.807) is 133 Å². The summed E-state index contributed by atoms with van der Waals surface area (Å²) in [5.74, 6) is 1.70. The van der Waals surface area contributed by atoms with Crippen molar-refractivity contribution in [3.05, 3.63) is 133 Å². The number of phenols is 2. The largest absolute Gasteiger partial charge is 0.508 e. The normalized spacial score (nSPS) is 10.6. The lowest BCUT2D eigenvalue weighted by molar-refractivity contribution is 0.214. The molecule has 0 atom stereocenters. The van der Waals surface area contributed by atoms with Gasteiger partial charge in [-0.2, -0.15) is 0 Å². The lowest BCUT2D eigenvalue weighted by atomic mass is 10.0. The number of thioether (sulfide) groups is 2. The summed E-state index contributed by atoms with van der Waals surface area (Å²) >= 11 is 3.17. The fraction of sp³-hybridized carbons (Fsp3) is 0.0500. The van der Waals surface area contributed by atoms with E-state index < -0.39 is 12.2 Å². The van der Waals surface area contributed by atoms with Crippen LogP contribution in [0.5, 0.6) is 34.5 Å². The van der Waals surface area contributed by atoms with Gasteiger partial charge >= 0.3 is 12.2 Å². The molecular formula is C40H32N2O7S2. The zero-order valence-corrected chi connectivity index (χ0v) is 29.1. The van der Waals surface area contributed by atoms with Crippen molar-refractivity contribution in [3.8, 4) is 56.8 Å². The predicted octanol–water partition coefficient (Wildman–Crippen LogP) is 10.9.